The Labute approximate surface area is 110 Å². The number of ketones is 1. The Hall–Kier alpha value is -1.01. The van der Waals surface area contributed by atoms with Crippen LogP contribution in [0, 0.1) is 0 Å². The summed E-state index contributed by atoms with van der Waals surface area (Å²) in [5.74, 6) is 0.0327. The first kappa shape index (κ1) is 15.0. The van der Waals surface area contributed by atoms with Crippen LogP contribution in [-0.2, 0) is 15.8 Å². The van der Waals surface area contributed by atoms with E-state index in [-0.39, 0.29) is 17.4 Å². The van der Waals surface area contributed by atoms with Crippen molar-refractivity contribution >= 4 is 14.1 Å². The van der Waals surface area contributed by atoms with Crippen molar-refractivity contribution in [3.63, 3.8) is 0 Å². The van der Waals surface area contributed by atoms with Gasteiger partial charge in [-0.2, -0.15) is 5.10 Å². The predicted molar refractivity (Wildman–Crippen MR) is 72.8 cm³/mol. The average molecular weight is 269 g/mol. The summed E-state index contributed by atoms with van der Waals surface area (Å²) in [6.07, 6.45) is 2.57. The number of Topliss-reactive ketones (excluding diaryl/α,β-unsaturated/α-hetero) is 1. The summed E-state index contributed by atoms with van der Waals surface area (Å²) in [5.41, 5.74) is 0. The van der Waals surface area contributed by atoms with Crippen molar-refractivity contribution < 1.29 is 9.22 Å². The number of nitrogens with zero attached hydrogens (tertiary/aromatic N) is 3. The van der Waals surface area contributed by atoms with E-state index in [2.05, 4.69) is 43.9 Å². The highest BCUT2D eigenvalue weighted by atomic mass is 28.4. The summed E-state index contributed by atoms with van der Waals surface area (Å²) in [6.45, 7) is 12.8. The third-order valence-corrected chi connectivity index (χ3v) is 8.07. The van der Waals surface area contributed by atoms with E-state index in [1.807, 2.05) is 6.92 Å². The molecule has 18 heavy (non-hydrogen) atoms. The van der Waals surface area contributed by atoms with E-state index >= 15 is 0 Å². The van der Waals surface area contributed by atoms with Crippen LogP contribution in [0.3, 0.4) is 0 Å². The van der Waals surface area contributed by atoms with Gasteiger partial charge in [-0.1, -0.05) is 20.8 Å². The van der Waals surface area contributed by atoms with Gasteiger partial charge in [-0.25, -0.2) is 9.67 Å². The molecule has 6 heteroatoms. The number of carbonyl (C=O) groups is 1. The zero-order chi connectivity index (χ0) is 14.0. The quantitative estimate of drug-likeness (QED) is 0.769. The highest BCUT2D eigenvalue weighted by molar-refractivity contribution is 6.74. The number of aromatic nitrogens is 3. The largest absolute Gasteiger partial charge is 0.407 e. The van der Waals surface area contributed by atoms with Gasteiger partial charge >= 0.3 is 0 Å². The van der Waals surface area contributed by atoms with Crippen molar-refractivity contribution in [1.29, 1.82) is 0 Å². The van der Waals surface area contributed by atoms with E-state index in [0.717, 1.165) is 0 Å². The highest BCUT2D eigenvalue weighted by Gasteiger charge is 2.39. The molecule has 0 saturated carbocycles. The lowest BCUT2D eigenvalue weighted by atomic mass is 10.2. The van der Waals surface area contributed by atoms with E-state index in [9.17, 15) is 4.79 Å². The molecule has 0 bridgehead atoms. The van der Waals surface area contributed by atoms with Crippen molar-refractivity contribution in [2.75, 3.05) is 0 Å². The molecule has 1 rings (SSSR count). The van der Waals surface area contributed by atoms with Gasteiger partial charge in [0.1, 0.15) is 25.3 Å². The molecule has 0 aliphatic rings. The minimum absolute atomic E-state index is 0.0327. The number of hydrogen-bond donors (Lipinski definition) is 0. The molecule has 0 N–H and O–H groups in total. The van der Waals surface area contributed by atoms with E-state index in [1.165, 1.54) is 17.3 Å². The molecule has 0 radical (unpaired) electrons. The summed E-state index contributed by atoms with van der Waals surface area (Å²) in [7, 11) is -1.90. The number of hydrogen-bond acceptors (Lipinski definition) is 4. The predicted octanol–water partition coefficient (Wildman–Crippen LogP) is 2.26. The summed E-state index contributed by atoms with van der Waals surface area (Å²) in [6, 6.07) is 0. The van der Waals surface area contributed by atoms with Crippen molar-refractivity contribution in [3.05, 3.63) is 12.7 Å². The molecule has 0 aliphatic carbocycles. The maximum absolute atomic E-state index is 12.0. The molecule has 1 aromatic rings. The van der Waals surface area contributed by atoms with Crippen LogP contribution in [0.2, 0.25) is 18.1 Å². The normalized spacial score (nSPS) is 14.6. The fraction of sp³-hybridized carbons (Fsp3) is 0.750. The van der Waals surface area contributed by atoms with Gasteiger partial charge in [-0.3, -0.25) is 4.79 Å². The molecule has 0 aliphatic heterocycles. The minimum atomic E-state index is -1.90. The summed E-state index contributed by atoms with van der Waals surface area (Å²) in [5, 5.41) is 4.03. The smallest absolute Gasteiger partial charge is 0.193 e. The molecule has 0 spiro atoms. The first-order chi connectivity index (χ1) is 8.13. The Morgan fingerprint density at radius 1 is 1.44 bits per heavy atom. The van der Waals surface area contributed by atoms with Gasteiger partial charge in [0, 0.05) is 0 Å². The third kappa shape index (κ3) is 3.74. The van der Waals surface area contributed by atoms with E-state index < -0.39 is 14.4 Å². The second-order valence-electron chi connectivity index (χ2n) is 6.08. The van der Waals surface area contributed by atoms with Crippen LogP contribution in [0.1, 0.15) is 27.7 Å². The maximum Gasteiger partial charge on any atom is 0.193 e. The molecule has 0 unspecified atom stereocenters. The molecule has 0 aromatic carbocycles. The minimum Gasteiger partial charge on any atom is -0.407 e. The third-order valence-electron chi connectivity index (χ3n) is 3.52. The molecule has 0 amide bonds. The molecule has 1 aromatic heterocycles. The van der Waals surface area contributed by atoms with Gasteiger partial charge in [0.2, 0.25) is 0 Å². The lowest BCUT2D eigenvalue weighted by Gasteiger charge is -2.38. The van der Waals surface area contributed by atoms with Crippen LogP contribution in [0.4, 0.5) is 0 Å². The Morgan fingerprint density at radius 3 is 2.50 bits per heavy atom. The van der Waals surface area contributed by atoms with Gasteiger partial charge in [0.15, 0.2) is 14.1 Å². The van der Waals surface area contributed by atoms with Crippen molar-refractivity contribution in [1.82, 2.24) is 14.8 Å². The molecule has 1 atom stereocenters. The molecule has 0 fully saturated rings. The monoisotopic (exact) mass is 269 g/mol. The number of rotatable bonds is 5. The Morgan fingerprint density at radius 2 is 2.06 bits per heavy atom. The summed E-state index contributed by atoms with van der Waals surface area (Å²) in [4.78, 5) is 15.8. The highest BCUT2D eigenvalue weighted by Crippen LogP contribution is 2.37. The lowest BCUT2D eigenvalue weighted by molar-refractivity contribution is -0.126. The van der Waals surface area contributed by atoms with Crippen LogP contribution in [0.25, 0.3) is 0 Å². The zero-order valence-corrected chi connectivity index (χ0v) is 13.1. The molecule has 102 valence electrons. The fourth-order valence-corrected chi connectivity index (χ4v) is 2.66. The Balaban J connectivity index is 2.60. The van der Waals surface area contributed by atoms with Crippen molar-refractivity contribution in [3.8, 4) is 0 Å². The zero-order valence-electron chi connectivity index (χ0n) is 12.1. The maximum atomic E-state index is 12.0. The van der Waals surface area contributed by atoms with E-state index in [0.29, 0.717) is 0 Å². The molecule has 5 nitrogen and oxygen atoms in total. The second-order valence-corrected chi connectivity index (χ2v) is 10.8. The van der Waals surface area contributed by atoms with Gasteiger partial charge in [-0.05, 0) is 25.1 Å². The summed E-state index contributed by atoms with van der Waals surface area (Å²) < 4.78 is 7.56. The molecule has 0 saturated heterocycles. The molecular formula is C12H23N3O2Si. The van der Waals surface area contributed by atoms with Gasteiger partial charge in [0.25, 0.3) is 0 Å². The topological polar surface area (TPSA) is 57.0 Å². The fourth-order valence-electron chi connectivity index (χ4n) is 1.29. The SMILES string of the molecule is C[C@@H](O[Si](C)(C)C(C)(C)C)C(=O)Cn1cncn1. The van der Waals surface area contributed by atoms with Crippen LogP contribution >= 0.6 is 0 Å². The second kappa shape index (κ2) is 5.32. The van der Waals surface area contributed by atoms with Crippen LogP contribution in [-0.4, -0.2) is 35.0 Å². The standard InChI is InChI=1S/C12H23N3O2Si/c1-10(17-18(5,6)12(2,3)4)11(16)7-15-9-13-8-14-15/h8-10H,7H2,1-6H3/t10-/m1/s1. The van der Waals surface area contributed by atoms with E-state index in [1.54, 1.807) is 0 Å². The number of carbonyl (C=O) groups excluding carboxylic acids is 1. The summed E-state index contributed by atoms with van der Waals surface area (Å²) >= 11 is 0. The molecule has 1 heterocycles. The van der Waals surface area contributed by atoms with Gasteiger partial charge in [-0.15, -0.1) is 0 Å². The van der Waals surface area contributed by atoms with Crippen LogP contribution < -0.4 is 0 Å². The molecular weight excluding hydrogens is 246 g/mol. The first-order valence-electron chi connectivity index (χ1n) is 6.16. The Kier molecular flexibility index (Phi) is 4.44. The first-order valence-corrected chi connectivity index (χ1v) is 9.07. The van der Waals surface area contributed by atoms with Crippen molar-refractivity contribution in [2.24, 2.45) is 0 Å². The average Bonchev–Trinajstić information content (AvgIpc) is 2.67. The van der Waals surface area contributed by atoms with E-state index in [4.69, 9.17) is 4.43 Å². The van der Waals surface area contributed by atoms with Gasteiger partial charge in [0.05, 0.1) is 0 Å². The van der Waals surface area contributed by atoms with Crippen LogP contribution in [0.15, 0.2) is 12.7 Å². The lowest BCUT2D eigenvalue weighted by Crippen LogP contribution is -2.45. The van der Waals surface area contributed by atoms with Crippen LogP contribution in [0.5, 0.6) is 0 Å². The van der Waals surface area contributed by atoms with Gasteiger partial charge < -0.3 is 4.43 Å². The Bertz CT molecular complexity index is 396. The van der Waals surface area contributed by atoms with Crippen molar-refractivity contribution in [2.45, 2.75) is 58.5 Å².